The van der Waals surface area contributed by atoms with E-state index in [2.05, 4.69) is 57.2 Å². The number of hydrogen-bond acceptors (Lipinski definition) is 6. The third kappa shape index (κ3) is 48.5. The second kappa shape index (κ2) is 50.3. The minimum Gasteiger partial charge on any atom is -0.462 e. The Morgan fingerprint density at radius 3 is 0.902 bits per heavy atom. The van der Waals surface area contributed by atoms with E-state index in [1.807, 2.05) is 0 Å². The molecule has 1 atom stereocenters. The standard InChI is InChI=1S/C55H100O6/c1-4-7-10-13-16-19-21-23-25-27-28-30-31-33-36-39-42-45-48-54(57)60-51-52(50-59-53(56)47-44-41-38-35-18-15-12-9-6-3)61-55(58)49-46-43-40-37-34-32-29-26-24-22-20-17-14-11-8-5-2/h26,28-30,35,38,52H,4-25,27,31-34,36-37,39-51H2,1-3H3/b29-26-,30-28-,38-35-. The molecule has 61 heavy (non-hydrogen) atoms. The Labute approximate surface area is 378 Å². The molecule has 0 aliphatic carbocycles. The molecule has 0 bridgehead atoms. The highest BCUT2D eigenvalue weighted by Crippen LogP contribution is 2.14. The summed E-state index contributed by atoms with van der Waals surface area (Å²) in [4.78, 5) is 37.9. The fourth-order valence-corrected chi connectivity index (χ4v) is 7.55. The van der Waals surface area contributed by atoms with Gasteiger partial charge in [0.2, 0.25) is 0 Å². The lowest BCUT2D eigenvalue weighted by molar-refractivity contribution is -0.167. The van der Waals surface area contributed by atoms with E-state index >= 15 is 0 Å². The Morgan fingerprint density at radius 1 is 0.311 bits per heavy atom. The first-order valence-electron chi connectivity index (χ1n) is 26.5. The van der Waals surface area contributed by atoms with Crippen LogP contribution in [0.1, 0.15) is 278 Å². The van der Waals surface area contributed by atoms with Gasteiger partial charge in [-0.15, -0.1) is 0 Å². The number of rotatable bonds is 48. The minimum atomic E-state index is -0.787. The van der Waals surface area contributed by atoms with E-state index in [4.69, 9.17) is 14.2 Å². The van der Waals surface area contributed by atoms with Gasteiger partial charge in [0.1, 0.15) is 13.2 Å². The molecule has 0 aliphatic rings. The van der Waals surface area contributed by atoms with Crippen molar-refractivity contribution in [3.05, 3.63) is 36.5 Å². The van der Waals surface area contributed by atoms with Crippen LogP contribution in [0.25, 0.3) is 0 Å². The third-order valence-corrected chi connectivity index (χ3v) is 11.6. The molecule has 1 unspecified atom stereocenters. The highest BCUT2D eigenvalue weighted by atomic mass is 16.6. The summed E-state index contributed by atoms with van der Waals surface area (Å²) in [5.74, 6) is -0.931. The lowest BCUT2D eigenvalue weighted by atomic mass is 10.1. The van der Waals surface area contributed by atoms with Gasteiger partial charge >= 0.3 is 17.9 Å². The molecule has 0 spiro atoms. The molecule has 6 nitrogen and oxygen atoms in total. The van der Waals surface area contributed by atoms with E-state index in [-0.39, 0.29) is 31.1 Å². The second-order valence-electron chi connectivity index (χ2n) is 17.8. The monoisotopic (exact) mass is 857 g/mol. The molecule has 0 amide bonds. The van der Waals surface area contributed by atoms with Crippen molar-refractivity contribution in [2.24, 2.45) is 0 Å². The van der Waals surface area contributed by atoms with E-state index in [9.17, 15) is 14.4 Å². The van der Waals surface area contributed by atoms with Crippen LogP contribution >= 0.6 is 0 Å². The summed E-state index contributed by atoms with van der Waals surface area (Å²) in [7, 11) is 0. The van der Waals surface area contributed by atoms with Crippen LogP contribution in [-0.2, 0) is 28.6 Å². The molecule has 0 aromatic heterocycles. The number of carbonyl (C=O) groups excluding carboxylic acids is 3. The quantitative estimate of drug-likeness (QED) is 0.0262. The van der Waals surface area contributed by atoms with E-state index in [0.717, 1.165) is 77.0 Å². The smallest absolute Gasteiger partial charge is 0.306 e. The SMILES string of the molecule is CCCCCC/C=C\CCCC(=O)OCC(COC(=O)CCCCCCC/C=C\CCCCCCCCCCC)OC(=O)CCCCCCC/C=C\CCCCCCCCC. The van der Waals surface area contributed by atoms with Gasteiger partial charge in [-0.2, -0.15) is 0 Å². The van der Waals surface area contributed by atoms with Crippen molar-refractivity contribution >= 4 is 17.9 Å². The summed E-state index contributed by atoms with van der Waals surface area (Å²) in [6.45, 7) is 6.58. The van der Waals surface area contributed by atoms with E-state index < -0.39 is 6.10 Å². The normalized spacial score (nSPS) is 12.2. The van der Waals surface area contributed by atoms with Crippen molar-refractivity contribution in [1.82, 2.24) is 0 Å². The summed E-state index contributed by atoms with van der Waals surface area (Å²) >= 11 is 0. The Morgan fingerprint density at radius 2 is 0.557 bits per heavy atom. The van der Waals surface area contributed by atoms with Crippen LogP contribution in [0.4, 0.5) is 0 Å². The largest absolute Gasteiger partial charge is 0.462 e. The Hall–Kier alpha value is -2.37. The molecule has 0 fully saturated rings. The molecule has 356 valence electrons. The Kier molecular flexibility index (Phi) is 48.3. The van der Waals surface area contributed by atoms with Crippen molar-refractivity contribution in [1.29, 1.82) is 0 Å². The van der Waals surface area contributed by atoms with Gasteiger partial charge in [0.15, 0.2) is 6.10 Å². The molecule has 0 rings (SSSR count). The summed E-state index contributed by atoms with van der Waals surface area (Å²) < 4.78 is 16.7. The molecular formula is C55H100O6. The van der Waals surface area contributed by atoms with Crippen LogP contribution in [0.2, 0.25) is 0 Å². The molecule has 0 aromatic carbocycles. The number of unbranched alkanes of at least 4 members (excludes halogenated alkanes) is 31. The number of allylic oxidation sites excluding steroid dienone is 6. The van der Waals surface area contributed by atoms with Gasteiger partial charge in [-0.1, -0.05) is 205 Å². The van der Waals surface area contributed by atoms with Crippen LogP contribution in [0, 0.1) is 0 Å². The molecule has 0 aromatic rings. The predicted octanol–water partition coefficient (Wildman–Crippen LogP) is 17.3. The second-order valence-corrected chi connectivity index (χ2v) is 17.8. The summed E-state index contributed by atoms with van der Waals surface area (Å²) in [5, 5.41) is 0. The van der Waals surface area contributed by atoms with Gasteiger partial charge in [-0.05, 0) is 89.9 Å². The van der Waals surface area contributed by atoms with E-state index in [1.54, 1.807) is 0 Å². The first-order chi connectivity index (χ1) is 30.0. The summed E-state index contributed by atoms with van der Waals surface area (Å²) in [6.07, 6.45) is 58.6. The van der Waals surface area contributed by atoms with Crippen molar-refractivity contribution in [3.63, 3.8) is 0 Å². The molecule has 0 aliphatic heterocycles. The van der Waals surface area contributed by atoms with Crippen LogP contribution in [0.15, 0.2) is 36.5 Å². The highest BCUT2D eigenvalue weighted by molar-refractivity contribution is 5.71. The maximum Gasteiger partial charge on any atom is 0.306 e. The van der Waals surface area contributed by atoms with Gasteiger partial charge in [0, 0.05) is 19.3 Å². The fraction of sp³-hybridized carbons (Fsp3) is 0.836. The van der Waals surface area contributed by atoms with Gasteiger partial charge in [0.25, 0.3) is 0 Å². The lowest BCUT2D eigenvalue weighted by Gasteiger charge is -2.18. The molecule has 0 N–H and O–H groups in total. The number of hydrogen-bond donors (Lipinski definition) is 0. The van der Waals surface area contributed by atoms with Crippen molar-refractivity contribution in [2.75, 3.05) is 13.2 Å². The highest BCUT2D eigenvalue weighted by Gasteiger charge is 2.19. The zero-order chi connectivity index (χ0) is 44.4. The zero-order valence-electron chi connectivity index (χ0n) is 40.7. The molecular weight excluding hydrogens is 757 g/mol. The average molecular weight is 857 g/mol. The van der Waals surface area contributed by atoms with Crippen LogP contribution in [0.3, 0.4) is 0 Å². The van der Waals surface area contributed by atoms with Crippen LogP contribution < -0.4 is 0 Å². The number of carbonyl (C=O) groups is 3. The van der Waals surface area contributed by atoms with Gasteiger partial charge in [-0.3, -0.25) is 14.4 Å². The molecule has 6 heteroatoms. The number of esters is 3. The van der Waals surface area contributed by atoms with E-state index in [1.165, 1.54) is 161 Å². The van der Waals surface area contributed by atoms with Crippen LogP contribution in [0.5, 0.6) is 0 Å². The lowest BCUT2D eigenvalue weighted by Crippen LogP contribution is -2.30. The predicted molar refractivity (Wildman–Crippen MR) is 261 cm³/mol. The summed E-state index contributed by atoms with van der Waals surface area (Å²) in [5.41, 5.74) is 0. The Balaban J connectivity index is 4.33. The first-order valence-corrected chi connectivity index (χ1v) is 26.5. The zero-order valence-corrected chi connectivity index (χ0v) is 40.7. The molecule has 0 heterocycles. The average Bonchev–Trinajstić information content (AvgIpc) is 3.26. The van der Waals surface area contributed by atoms with Crippen LogP contribution in [-0.4, -0.2) is 37.2 Å². The maximum absolute atomic E-state index is 12.8. The Bertz CT molecular complexity index is 1030. The molecule has 0 saturated heterocycles. The van der Waals surface area contributed by atoms with Gasteiger partial charge in [-0.25, -0.2) is 0 Å². The third-order valence-electron chi connectivity index (χ3n) is 11.6. The first kappa shape index (κ1) is 58.6. The summed E-state index contributed by atoms with van der Waals surface area (Å²) in [6, 6.07) is 0. The molecule has 0 saturated carbocycles. The molecule has 0 radical (unpaired) electrons. The fourth-order valence-electron chi connectivity index (χ4n) is 7.55. The van der Waals surface area contributed by atoms with Crippen molar-refractivity contribution in [2.45, 2.75) is 284 Å². The van der Waals surface area contributed by atoms with Crippen molar-refractivity contribution < 1.29 is 28.6 Å². The number of ether oxygens (including phenoxy) is 3. The topological polar surface area (TPSA) is 78.9 Å². The van der Waals surface area contributed by atoms with Gasteiger partial charge < -0.3 is 14.2 Å². The van der Waals surface area contributed by atoms with Crippen molar-refractivity contribution in [3.8, 4) is 0 Å². The maximum atomic E-state index is 12.8. The van der Waals surface area contributed by atoms with Gasteiger partial charge in [0.05, 0.1) is 0 Å². The van der Waals surface area contributed by atoms with E-state index in [0.29, 0.717) is 19.3 Å². The minimum absolute atomic E-state index is 0.0868.